The molecule has 0 amide bonds. The van der Waals surface area contributed by atoms with Crippen molar-refractivity contribution >= 4 is 17.6 Å². The van der Waals surface area contributed by atoms with E-state index in [2.05, 4.69) is 53.3 Å². The second-order valence-electron chi connectivity index (χ2n) is 6.93. The summed E-state index contributed by atoms with van der Waals surface area (Å²) in [7, 11) is 0. The Morgan fingerprint density at radius 3 is 2.24 bits per heavy atom. The highest BCUT2D eigenvalue weighted by Gasteiger charge is 2.32. The number of guanidine groups is 2. The summed E-state index contributed by atoms with van der Waals surface area (Å²) in [6.45, 7) is 6.07. The first-order chi connectivity index (χ1) is 11.8. The maximum atomic E-state index is 6.12. The van der Waals surface area contributed by atoms with E-state index in [9.17, 15) is 0 Å². The molecule has 3 rings (SSSR count). The van der Waals surface area contributed by atoms with Crippen LogP contribution in [0, 0.1) is 6.92 Å². The Bertz CT molecular complexity index is 835. The van der Waals surface area contributed by atoms with Crippen LogP contribution in [0.4, 0.5) is 5.69 Å². The maximum Gasteiger partial charge on any atom is 0.220 e. The lowest BCUT2D eigenvalue weighted by atomic mass is 10.0. The first-order valence-electron chi connectivity index (χ1n) is 8.49. The molecule has 1 aliphatic rings. The number of rotatable bonds is 4. The summed E-state index contributed by atoms with van der Waals surface area (Å²) in [4.78, 5) is 10.4. The molecule has 0 unspecified atom stereocenters. The van der Waals surface area contributed by atoms with Gasteiger partial charge in [0.15, 0.2) is 0 Å². The van der Waals surface area contributed by atoms with Crippen molar-refractivity contribution in [3.8, 4) is 0 Å². The summed E-state index contributed by atoms with van der Waals surface area (Å²) < 4.78 is 0. The molecule has 0 radical (unpaired) electrons. The third-order valence-electron chi connectivity index (χ3n) is 4.35. The molecule has 1 heterocycles. The lowest BCUT2D eigenvalue weighted by Crippen LogP contribution is -2.54. The van der Waals surface area contributed by atoms with Crippen LogP contribution in [0.5, 0.6) is 0 Å². The summed E-state index contributed by atoms with van der Waals surface area (Å²) in [5.41, 5.74) is 16.2. The van der Waals surface area contributed by atoms with E-state index in [0.717, 1.165) is 18.5 Å². The second-order valence-corrected chi connectivity index (χ2v) is 6.93. The van der Waals surface area contributed by atoms with Crippen molar-refractivity contribution in [1.82, 2.24) is 0 Å². The molecule has 0 saturated carbocycles. The van der Waals surface area contributed by atoms with Gasteiger partial charge >= 0.3 is 0 Å². The molecule has 0 aliphatic carbocycles. The van der Waals surface area contributed by atoms with E-state index in [0.29, 0.717) is 5.96 Å². The van der Waals surface area contributed by atoms with Crippen LogP contribution in [-0.4, -0.2) is 17.6 Å². The van der Waals surface area contributed by atoms with Crippen LogP contribution in [0.3, 0.4) is 0 Å². The number of nitrogens with two attached hydrogens (primary N) is 2. The van der Waals surface area contributed by atoms with E-state index in [1.807, 2.05) is 30.9 Å². The quantitative estimate of drug-likeness (QED) is 0.901. The predicted octanol–water partition coefficient (Wildman–Crippen LogP) is 2.97. The lowest BCUT2D eigenvalue weighted by molar-refractivity contribution is 0.534. The lowest BCUT2D eigenvalue weighted by Gasteiger charge is -2.38. The predicted molar refractivity (Wildman–Crippen MR) is 105 cm³/mol. The topological polar surface area (TPSA) is 80.0 Å². The number of hydrogen-bond acceptors (Lipinski definition) is 5. The van der Waals surface area contributed by atoms with Gasteiger partial charge in [-0.2, -0.15) is 4.99 Å². The van der Waals surface area contributed by atoms with Crippen molar-refractivity contribution in [3.63, 3.8) is 0 Å². The van der Waals surface area contributed by atoms with Crippen molar-refractivity contribution in [2.75, 3.05) is 4.90 Å². The summed E-state index contributed by atoms with van der Waals surface area (Å²) in [6.07, 6.45) is 1.97. The van der Waals surface area contributed by atoms with E-state index in [1.165, 1.54) is 16.7 Å². The van der Waals surface area contributed by atoms with Crippen LogP contribution in [0.15, 0.2) is 58.5 Å². The molecule has 0 atom stereocenters. The minimum atomic E-state index is -0.564. The molecule has 0 fully saturated rings. The molecule has 4 N–H and O–H groups in total. The van der Waals surface area contributed by atoms with Gasteiger partial charge in [-0.3, -0.25) is 4.90 Å². The Morgan fingerprint density at radius 2 is 1.60 bits per heavy atom. The van der Waals surface area contributed by atoms with Crippen molar-refractivity contribution in [2.24, 2.45) is 21.5 Å². The van der Waals surface area contributed by atoms with Gasteiger partial charge in [0.05, 0.1) is 0 Å². The van der Waals surface area contributed by atoms with E-state index >= 15 is 0 Å². The third-order valence-corrected chi connectivity index (χ3v) is 4.35. The van der Waals surface area contributed by atoms with Gasteiger partial charge in [-0.15, -0.1) is 0 Å². The summed E-state index contributed by atoms with van der Waals surface area (Å²) in [5, 5.41) is 0. The molecule has 5 heteroatoms. The maximum absolute atomic E-state index is 6.12. The molecule has 2 aromatic carbocycles. The van der Waals surface area contributed by atoms with Gasteiger partial charge in [0.1, 0.15) is 5.66 Å². The fourth-order valence-electron chi connectivity index (χ4n) is 3.26. The molecule has 2 aromatic rings. The molecule has 0 aromatic heterocycles. The number of aryl methyl sites for hydroxylation is 3. The molecular weight excluding hydrogens is 310 g/mol. The van der Waals surface area contributed by atoms with Crippen LogP contribution >= 0.6 is 0 Å². The van der Waals surface area contributed by atoms with Crippen LogP contribution in [0.1, 0.15) is 30.5 Å². The van der Waals surface area contributed by atoms with Gasteiger partial charge in [0.2, 0.25) is 11.9 Å². The normalized spacial score (nSPS) is 16.4. The standard InChI is InChI=1S/C20H25N5/c1-14-6-4-7-15(12-14)10-11-16-8-5-9-17(13-16)25-19(22)23-18(21)24-20(25,2)3/h4-9,12-13H,10-11H2,1-3H3,(H4,21,22,23,24). The number of hydrogen-bond donors (Lipinski definition) is 2. The Morgan fingerprint density at radius 1 is 0.960 bits per heavy atom. The van der Waals surface area contributed by atoms with Gasteiger partial charge in [-0.05, 0) is 56.9 Å². The first-order valence-corrected chi connectivity index (χ1v) is 8.49. The SMILES string of the molecule is Cc1cccc(CCc2cccc(N3C(N)=NC(N)=NC3(C)C)c2)c1. The van der Waals surface area contributed by atoms with Crippen LogP contribution in [0.2, 0.25) is 0 Å². The minimum Gasteiger partial charge on any atom is -0.369 e. The van der Waals surface area contributed by atoms with Gasteiger partial charge in [-0.1, -0.05) is 42.0 Å². The van der Waals surface area contributed by atoms with Gasteiger partial charge in [0.25, 0.3) is 0 Å². The highest BCUT2D eigenvalue weighted by Crippen LogP contribution is 2.28. The smallest absolute Gasteiger partial charge is 0.220 e. The summed E-state index contributed by atoms with van der Waals surface area (Å²) in [6, 6.07) is 17.0. The Labute approximate surface area is 149 Å². The van der Waals surface area contributed by atoms with Crippen molar-refractivity contribution in [2.45, 2.75) is 39.3 Å². The zero-order chi connectivity index (χ0) is 18.0. The third kappa shape index (κ3) is 3.82. The molecule has 25 heavy (non-hydrogen) atoms. The van der Waals surface area contributed by atoms with Crippen molar-refractivity contribution in [1.29, 1.82) is 0 Å². The van der Waals surface area contributed by atoms with Crippen LogP contribution in [-0.2, 0) is 12.8 Å². The van der Waals surface area contributed by atoms with Crippen LogP contribution in [0.25, 0.3) is 0 Å². The van der Waals surface area contributed by atoms with Crippen molar-refractivity contribution in [3.05, 3.63) is 65.2 Å². The molecule has 130 valence electrons. The molecule has 0 bridgehead atoms. The second kappa shape index (κ2) is 6.59. The Kier molecular flexibility index (Phi) is 4.49. The minimum absolute atomic E-state index is 0.217. The van der Waals surface area contributed by atoms with Gasteiger partial charge in [0, 0.05) is 5.69 Å². The van der Waals surface area contributed by atoms with E-state index < -0.39 is 5.66 Å². The average Bonchev–Trinajstić information content (AvgIpc) is 2.51. The van der Waals surface area contributed by atoms with Gasteiger partial charge in [-0.25, -0.2) is 4.99 Å². The molecule has 0 saturated heterocycles. The Balaban J connectivity index is 1.81. The fourth-order valence-corrected chi connectivity index (χ4v) is 3.26. The first kappa shape index (κ1) is 17.0. The number of anilines is 1. The fraction of sp³-hybridized carbons (Fsp3) is 0.300. The van der Waals surface area contributed by atoms with E-state index in [-0.39, 0.29) is 5.96 Å². The number of nitrogens with zero attached hydrogens (tertiary/aromatic N) is 3. The highest BCUT2D eigenvalue weighted by atomic mass is 15.4. The number of aliphatic imine (C=N–C) groups is 2. The van der Waals surface area contributed by atoms with E-state index in [4.69, 9.17) is 11.5 Å². The monoisotopic (exact) mass is 335 g/mol. The van der Waals surface area contributed by atoms with E-state index in [1.54, 1.807) is 0 Å². The zero-order valence-corrected chi connectivity index (χ0v) is 15.0. The zero-order valence-electron chi connectivity index (χ0n) is 15.0. The van der Waals surface area contributed by atoms with Crippen LogP contribution < -0.4 is 16.4 Å². The largest absolute Gasteiger partial charge is 0.369 e. The molecule has 0 spiro atoms. The Hall–Kier alpha value is -2.82. The average molecular weight is 335 g/mol. The number of benzene rings is 2. The molecule has 1 aliphatic heterocycles. The molecular formula is C20H25N5. The van der Waals surface area contributed by atoms with Crippen molar-refractivity contribution < 1.29 is 0 Å². The summed E-state index contributed by atoms with van der Waals surface area (Å²) >= 11 is 0. The molecule has 5 nitrogen and oxygen atoms in total. The van der Waals surface area contributed by atoms with Gasteiger partial charge < -0.3 is 11.5 Å². The summed E-state index contributed by atoms with van der Waals surface area (Å²) in [5.74, 6) is 0.586. The highest BCUT2D eigenvalue weighted by molar-refractivity contribution is 6.05.